The molecule has 0 aliphatic carbocycles. The Morgan fingerprint density at radius 3 is 2.38 bits per heavy atom. The van der Waals surface area contributed by atoms with Gasteiger partial charge in [0.15, 0.2) is 0 Å². The third-order valence-corrected chi connectivity index (χ3v) is 5.86. The molecule has 2 amide bonds. The highest BCUT2D eigenvalue weighted by molar-refractivity contribution is 6.30. The van der Waals surface area contributed by atoms with Gasteiger partial charge in [0.1, 0.15) is 12.4 Å². The molecule has 188 valence electrons. The van der Waals surface area contributed by atoms with Gasteiger partial charge in [0.05, 0.1) is 11.3 Å². The lowest BCUT2D eigenvalue weighted by Gasteiger charge is -2.19. The number of hydrogen-bond acceptors (Lipinski definition) is 6. The molecule has 0 aliphatic heterocycles. The second-order valence-corrected chi connectivity index (χ2v) is 8.60. The Hall–Kier alpha value is -4.57. The zero-order valence-corrected chi connectivity index (χ0v) is 20.3. The van der Waals surface area contributed by atoms with Crippen molar-refractivity contribution in [3.63, 3.8) is 0 Å². The molecule has 3 N–H and O–H groups in total. The number of aromatic nitrogens is 4. The first-order chi connectivity index (χ1) is 17.9. The monoisotopic (exact) mass is 518 g/mol. The summed E-state index contributed by atoms with van der Waals surface area (Å²) in [7, 11) is 0. The Morgan fingerprint density at radius 1 is 0.973 bits per heavy atom. The maximum Gasteiger partial charge on any atom is 0.335 e. The molecular weight excluding hydrogens is 496 g/mol. The molecule has 1 aromatic heterocycles. The van der Waals surface area contributed by atoms with Crippen LogP contribution in [0.15, 0.2) is 79.1 Å². The van der Waals surface area contributed by atoms with Gasteiger partial charge >= 0.3 is 5.97 Å². The van der Waals surface area contributed by atoms with Crippen molar-refractivity contribution in [1.82, 2.24) is 30.8 Å². The fourth-order valence-corrected chi connectivity index (χ4v) is 3.95. The van der Waals surface area contributed by atoms with Gasteiger partial charge in [-0.3, -0.25) is 9.59 Å². The number of halogens is 1. The molecule has 10 nitrogen and oxygen atoms in total. The van der Waals surface area contributed by atoms with Crippen LogP contribution in [0.3, 0.4) is 0 Å². The van der Waals surface area contributed by atoms with Crippen LogP contribution < -0.4 is 10.6 Å². The second kappa shape index (κ2) is 11.9. The van der Waals surface area contributed by atoms with Gasteiger partial charge in [-0.2, -0.15) is 0 Å². The van der Waals surface area contributed by atoms with Crippen molar-refractivity contribution in [3.05, 3.63) is 106 Å². The van der Waals surface area contributed by atoms with Crippen LogP contribution in [0.2, 0.25) is 5.02 Å². The third-order valence-electron chi connectivity index (χ3n) is 5.63. The molecule has 11 heteroatoms. The average Bonchev–Trinajstić information content (AvgIpc) is 3.44. The minimum atomic E-state index is -1.09. The smallest absolute Gasteiger partial charge is 0.335 e. The molecule has 3 aromatic carbocycles. The van der Waals surface area contributed by atoms with Crippen LogP contribution in [0.1, 0.15) is 31.8 Å². The first-order valence-electron chi connectivity index (χ1n) is 11.4. The SMILES string of the molecule is O=C(O)c1ccc(C(=O)N[C@@H](Cc2ccccc2)C(=O)NCCc2cc(Cl)ccc2-n2cnnn2)cc1. The molecule has 4 rings (SSSR count). The molecule has 37 heavy (non-hydrogen) atoms. The fraction of sp³-hybridized carbons (Fsp3) is 0.154. The normalized spacial score (nSPS) is 11.5. The number of carbonyl (C=O) groups is 3. The van der Waals surface area contributed by atoms with Crippen LogP contribution in [-0.4, -0.2) is 55.7 Å². The van der Waals surface area contributed by atoms with Crippen molar-refractivity contribution in [1.29, 1.82) is 0 Å². The van der Waals surface area contributed by atoms with E-state index in [2.05, 4.69) is 26.2 Å². The van der Waals surface area contributed by atoms with Crippen molar-refractivity contribution in [2.75, 3.05) is 6.54 Å². The Morgan fingerprint density at radius 2 is 1.70 bits per heavy atom. The Labute approximate surface area is 217 Å². The summed E-state index contributed by atoms with van der Waals surface area (Å²) in [6, 6.07) is 19.3. The summed E-state index contributed by atoms with van der Waals surface area (Å²) in [6.45, 7) is 0.281. The largest absolute Gasteiger partial charge is 0.478 e. The highest BCUT2D eigenvalue weighted by Gasteiger charge is 2.22. The number of carbonyl (C=O) groups excluding carboxylic acids is 2. The molecule has 0 radical (unpaired) electrons. The van der Waals surface area contributed by atoms with E-state index >= 15 is 0 Å². The van der Waals surface area contributed by atoms with E-state index in [1.165, 1.54) is 35.3 Å². The first-order valence-corrected chi connectivity index (χ1v) is 11.8. The molecule has 0 unspecified atom stereocenters. The van der Waals surface area contributed by atoms with Gasteiger partial charge in [-0.15, -0.1) is 5.10 Å². The first kappa shape index (κ1) is 25.5. The maximum absolute atomic E-state index is 13.2. The van der Waals surface area contributed by atoms with Gasteiger partial charge in [-0.1, -0.05) is 41.9 Å². The lowest BCUT2D eigenvalue weighted by molar-refractivity contribution is -0.122. The van der Waals surface area contributed by atoms with E-state index in [0.29, 0.717) is 11.4 Å². The number of carboxylic acid groups (broad SMARTS) is 1. The Balaban J connectivity index is 1.45. The molecule has 4 aromatic rings. The minimum Gasteiger partial charge on any atom is -0.478 e. The Kier molecular flexibility index (Phi) is 8.22. The number of carboxylic acids is 1. The van der Waals surface area contributed by atoms with E-state index in [-0.39, 0.29) is 30.0 Å². The van der Waals surface area contributed by atoms with E-state index in [0.717, 1.165) is 16.8 Å². The zero-order chi connectivity index (χ0) is 26.2. The van der Waals surface area contributed by atoms with Crippen LogP contribution in [0, 0.1) is 0 Å². The average molecular weight is 519 g/mol. The lowest BCUT2D eigenvalue weighted by Crippen LogP contribution is -2.48. The highest BCUT2D eigenvalue weighted by atomic mass is 35.5. The molecule has 0 bridgehead atoms. The molecule has 0 aliphatic rings. The van der Waals surface area contributed by atoms with Gasteiger partial charge in [-0.05, 0) is 70.4 Å². The van der Waals surface area contributed by atoms with Crippen molar-refractivity contribution >= 4 is 29.4 Å². The number of amides is 2. The highest BCUT2D eigenvalue weighted by Crippen LogP contribution is 2.19. The second-order valence-electron chi connectivity index (χ2n) is 8.17. The topological polar surface area (TPSA) is 139 Å². The number of nitrogens with one attached hydrogen (secondary N) is 2. The van der Waals surface area contributed by atoms with Gasteiger partial charge in [0, 0.05) is 23.6 Å². The Bertz CT molecular complexity index is 1380. The van der Waals surface area contributed by atoms with Crippen molar-refractivity contribution < 1.29 is 19.5 Å². The molecule has 0 fully saturated rings. The van der Waals surface area contributed by atoms with Gasteiger partial charge in [-0.25, -0.2) is 9.48 Å². The number of hydrogen-bond donors (Lipinski definition) is 3. The van der Waals surface area contributed by atoms with Gasteiger partial charge in [0.2, 0.25) is 5.91 Å². The third kappa shape index (κ3) is 6.77. The van der Waals surface area contributed by atoms with Gasteiger partial charge in [0.25, 0.3) is 5.91 Å². The van der Waals surface area contributed by atoms with Crippen LogP contribution >= 0.6 is 11.6 Å². The summed E-state index contributed by atoms with van der Waals surface area (Å²) in [5, 5.41) is 26.5. The number of tetrazole rings is 1. The summed E-state index contributed by atoms with van der Waals surface area (Å²) >= 11 is 6.17. The summed E-state index contributed by atoms with van der Waals surface area (Å²) < 4.78 is 1.52. The van der Waals surface area contributed by atoms with Gasteiger partial charge < -0.3 is 15.7 Å². The van der Waals surface area contributed by atoms with Crippen molar-refractivity contribution in [2.24, 2.45) is 0 Å². The summed E-state index contributed by atoms with van der Waals surface area (Å²) in [4.78, 5) is 37.1. The number of nitrogens with zero attached hydrogens (tertiary/aromatic N) is 4. The summed E-state index contributed by atoms with van der Waals surface area (Å²) in [5.41, 5.74) is 2.77. The number of aromatic carboxylic acids is 1. The van der Waals surface area contributed by atoms with Crippen LogP contribution in [0.5, 0.6) is 0 Å². The number of rotatable bonds is 10. The standard InChI is InChI=1S/C26H23ClN6O4/c27-21-10-11-23(33-16-29-31-32-33)20(15-21)12-13-28-25(35)22(14-17-4-2-1-3-5-17)30-24(34)18-6-8-19(9-7-18)26(36)37/h1-11,15-16,22H,12-14H2,(H,28,35)(H,30,34)(H,36,37)/t22-/m0/s1. The minimum absolute atomic E-state index is 0.0668. The maximum atomic E-state index is 13.2. The zero-order valence-electron chi connectivity index (χ0n) is 19.5. The molecule has 0 spiro atoms. The molecule has 1 atom stereocenters. The molecule has 1 heterocycles. The van der Waals surface area contributed by atoms with E-state index in [4.69, 9.17) is 16.7 Å². The van der Waals surface area contributed by atoms with E-state index in [9.17, 15) is 14.4 Å². The van der Waals surface area contributed by atoms with E-state index in [1.807, 2.05) is 30.3 Å². The quantitative estimate of drug-likeness (QED) is 0.293. The molecular formula is C26H23ClN6O4. The molecule has 0 saturated carbocycles. The fourth-order valence-electron chi connectivity index (χ4n) is 3.76. The lowest BCUT2D eigenvalue weighted by atomic mass is 10.0. The van der Waals surface area contributed by atoms with E-state index in [1.54, 1.807) is 18.2 Å². The predicted molar refractivity (Wildman–Crippen MR) is 136 cm³/mol. The van der Waals surface area contributed by atoms with Crippen molar-refractivity contribution in [3.8, 4) is 5.69 Å². The predicted octanol–water partition coefficient (Wildman–Crippen LogP) is 2.71. The summed E-state index contributed by atoms with van der Waals surface area (Å²) in [6.07, 6.45) is 2.20. The molecule has 0 saturated heterocycles. The summed E-state index contributed by atoms with van der Waals surface area (Å²) in [5.74, 6) is -1.93. The van der Waals surface area contributed by atoms with Crippen LogP contribution in [0.25, 0.3) is 5.69 Å². The van der Waals surface area contributed by atoms with Crippen LogP contribution in [0.4, 0.5) is 0 Å². The van der Waals surface area contributed by atoms with E-state index < -0.39 is 17.9 Å². The number of benzene rings is 3. The van der Waals surface area contributed by atoms with Crippen molar-refractivity contribution in [2.45, 2.75) is 18.9 Å². The van der Waals surface area contributed by atoms with Crippen LogP contribution in [-0.2, 0) is 17.6 Å².